The molecule has 1 heterocycles. The van der Waals surface area contributed by atoms with E-state index in [4.69, 9.17) is 0 Å². The van der Waals surface area contributed by atoms with Gasteiger partial charge in [-0.3, -0.25) is 0 Å². The summed E-state index contributed by atoms with van der Waals surface area (Å²) in [4.78, 5) is 11.3. The fraction of sp³-hybridized carbons (Fsp3) is 0.500. The Balaban J connectivity index is 2.53. The molecule has 1 fully saturated rings. The molecule has 1 unspecified atom stereocenters. The fourth-order valence-electron chi connectivity index (χ4n) is 2.69. The topological polar surface area (TPSA) is 74.7 Å². The van der Waals surface area contributed by atoms with Gasteiger partial charge >= 0.3 is 5.97 Å². The number of hydrogen-bond acceptors (Lipinski definition) is 3. The number of halogens is 1. The van der Waals surface area contributed by atoms with Crippen LogP contribution in [0.1, 0.15) is 42.1 Å². The molecule has 0 saturated carbocycles. The SMILES string of the molecule is CCC1CCCN1S(=O)(=O)c1cc(Br)c(C)c(C(=O)O)c1. The van der Waals surface area contributed by atoms with Gasteiger partial charge in [0.25, 0.3) is 0 Å². The van der Waals surface area contributed by atoms with E-state index in [0.29, 0.717) is 16.6 Å². The van der Waals surface area contributed by atoms with Gasteiger partial charge in [0.15, 0.2) is 0 Å². The molecular formula is C14H18BrNO4S. The molecule has 21 heavy (non-hydrogen) atoms. The minimum atomic E-state index is -3.66. The predicted molar refractivity (Wildman–Crippen MR) is 83.0 cm³/mol. The van der Waals surface area contributed by atoms with E-state index in [1.165, 1.54) is 16.4 Å². The van der Waals surface area contributed by atoms with E-state index in [9.17, 15) is 18.3 Å². The van der Waals surface area contributed by atoms with E-state index < -0.39 is 16.0 Å². The Morgan fingerprint density at radius 1 is 1.48 bits per heavy atom. The second kappa shape index (κ2) is 6.06. The minimum Gasteiger partial charge on any atom is -0.478 e. The maximum atomic E-state index is 12.8. The lowest BCUT2D eigenvalue weighted by atomic mass is 10.1. The van der Waals surface area contributed by atoms with E-state index in [1.807, 2.05) is 6.92 Å². The summed E-state index contributed by atoms with van der Waals surface area (Å²) in [5.41, 5.74) is 0.533. The molecule has 116 valence electrons. The minimum absolute atomic E-state index is 0.00311. The summed E-state index contributed by atoms with van der Waals surface area (Å²) in [6, 6.07) is 2.74. The Morgan fingerprint density at radius 2 is 2.14 bits per heavy atom. The first-order valence-electron chi connectivity index (χ1n) is 6.84. The van der Waals surface area contributed by atoms with E-state index >= 15 is 0 Å². The van der Waals surface area contributed by atoms with Gasteiger partial charge in [0.1, 0.15) is 0 Å². The highest BCUT2D eigenvalue weighted by atomic mass is 79.9. The summed E-state index contributed by atoms with van der Waals surface area (Å²) in [6.45, 7) is 4.11. The van der Waals surface area contributed by atoms with Crippen molar-refractivity contribution in [2.45, 2.75) is 44.0 Å². The van der Waals surface area contributed by atoms with Gasteiger partial charge in [-0.05, 0) is 43.9 Å². The maximum absolute atomic E-state index is 12.8. The first kappa shape index (κ1) is 16.5. The lowest BCUT2D eigenvalue weighted by Gasteiger charge is -2.23. The molecule has 7 heteroatoms. The summed E-state index contributed by atoms with van der Waals surface area (Å²) in [5.74, 6) is -1.13. The van der Waals surface area contributed by atoms with Crippen molar-refractivity contribution in [2.24, 2.45) is 0 Å². The van der Waals surface area contributed by atoms with Gasteiger partial charge in [-0.2, -0.15) is 4.31 Å². The van der Waals surface area contributed by atoms with Crippen LogP contribution in [0, 0.1) is 6.92 Å². The molecule has 1 aliphatic rings. The molecule has 0 bridgehead atoms. The number of aromatic carboxylic acids is 1. The van der Waals surface area contributed by atoms with E-state index in [2.05, 4.69) is 15.9 Å². The molecule has 0 amide bonds. The molecule has 5 nitrogen and oxygen atoms in total. The molecule has 1 aromatic rings. The van der Waals surface area contributed by atoms with Gasteiger partial charge in [0, 0.05) is 17.1 Å². The van der Waals surface area contributed by atoms with Gasteiger partial charge < -0.3 is 5.11 Å². The lowest BCUT2D eigenvalue weighted by Crippen LogP contribution is -2.35. The smallest absolute Gasteiger partial charge is 0.336 e. The van der Waals surface area contributed by atoms with E-state index in [0.717, 1.165) is 19.3 Å². The number of rotatable bonds is 4. The van der Waals surface area contributed by atoms with Crippen LogP contribution in [0.2, 0.25) is 0 Å². The Bertz CT molecular complexity index is 672. The zero-order valence-corrected chi connectivity index (χ0v) is 14.4. The zero-order valence-electron chi connectivity index (χ0n) is 12.0. The quantitative estimate of drug-likeness (QED) is 0.877. The highest BCUT2D eigenvalue weighted by molar-refractivity contribution is 9.10. The molecule has 1 saturated heterocycles. The third-order valence-electron chi connectivity index (χ3n) is 3.95. The molecule has 1 aromatic carbocycles. The van der Waals surface area contributed by atoms with Gasteiger partial charge in [-0.1, -0.05) is 22.9 Å². The summed E-state index contributed by atoms with van der Waals surface area (Å²) in [7, 11) is -3.66. The number of carboxylic acids is 1. The predicted octanol–water partition coefficient (Wildman–Crippen LogP) is 3.02. The standard InChI is InChI=1S/C14H18BrNO4S/c1-3-10-5-4-6-16(10)21(19,20)11-7-12(14(17)18)9(2)13(15)8-11/h7-8,10H,3-6H2,1-2H3,(H,17,18). The van der Waals surface area contributed by atoms with Gasteiger partial charge in [-0.15, -0.1) is 0 Å². The van der Waals surface area contributed by atoms with Crippen molar-refractivity contribution in [3.63, 3.8) is 0 Å². The Labute approximate surface area is 133 Å². The summed E-state index contributed by atoms with van der Waals surface area (Å²) < 4.78 is 27.5. The van der Waals surface area contributed by atoms with Gasteiger partial charge in [-0.25, -0.2) is 13.2 Å². The van der Waals surface area contributed by atoms with Crippen LogP contribution in [-0.4, -0.2) is 36.4 Å². The molecule has 0 aliphatic carbocycles. The van der Waals surface area contributed by atoms with Crippen LogP contribution in [0.3, 0.4) is 0 Å². The maximum Gasteiger partial charge on any atom is 0.336 e. The zero-order chi connectivity index (χ0) is 15.8. The van der Waals surface area contributed by atoms with Crippen LogP contribution in [0.5, 0.6) is 0 Å². The molecule has 0 aromatic heterocycles. The largest absolute Gasteiger partial charge is 0.478 e. The molecule has 0 radical (unpaired) electrons. The van der Waals surface area contributed by atoms with Crippen LogP contribution < -0.4 is 0 Å². The molecule has 1 N–H and O–H groups in total. The van der Waals surface area contributed by atoms with E-state index in [-0.39, 0.29) is 16.5 Å². The van der Waals surface area contributed by atoms with Crippen molar-refractivity contribution < 1.29 is 18.3 Å². The number of hydrogen-bond donors (Lipinski definition) is 1. The second-order valence-electron chi connectivity index (χ2n) is 5.20. The highest BCUT2D eigenvalue weighted by Gasteiger charge is 2.35. The number of carboxylic acid groups (broad SMARTS) is 1. The number of benzene rings is 1. The van der Waals surface area contributed by atoms with Crippen LogP contribution in [0.25, 0.3) is 0 Å². The third-order valence-corrected chi connectivity index (χ3v) is 6.70. The number of nitrogens with zero attached hydrogens (tertiary/aromatic N) is 1. The first-order valence-corrected chi connectivity index (χ1v) is 9.07. The Hall–Kier alpha value is -0.920. The van der Waals surface area contributed by atoms with Crippen LogP contribution >= 0.6 is 15.9 Å². The van der Waals surface area contributed by atoms with Gasteiger partial charge in [0.05, 0.1) is 10.5 Å². The Morgan fingerprint density at radius 3 is 2.71 bits per heavy atom. The summed E-state index contributed by atoms with van der Waals surface area (Å²) in [5, 5.41) is 9.21. The number of sulfonamides is 1. The lowest BCUT2D eigenvalue weighted by molar-refractivity contribution is 0.0695. The summed E-state index contributed by atoms with van der Waals surface area (Å²) >= 11 is 3.25. The second-order valence-corrected chi connectivity index (χ2v) is 7.95. The average molecular weight is 376 g/mol. The number of carbonyl (C=O) groups is 1. The van der Waals surface area contributed by atoms with Crippen molar-refractivity contribution in [3.8, 4) is 0 Å². The molecule has 0 spiro atoms. The van der Waals surface area contributed by atoms with E-state index in [1.54, 1.807) is 6.92 Å². The van der Waals surface area contributed by atoms with Crippen molar-refractivity contribution in [3.05, 3.63) is 27.7 Å². The first-order chi connectivity index (χ1) is 9.78. The fourth-order valence-corrected chi connectivity index (χ4v) is 5.13. The molecule has 1 aliphatic heterocycles. The molecule has 1 atom stereocenters. The van der Waals surface area contributed by atoms with Crippen molar-refractivity contribution in [1.82, 2.24) is 4.31 Å². The average Bonchev–Trinajstić information content (AvgIpc) is 2.90. The van der Waals surface area contributed by atoms with Crippen LogP contribution in [0.15, 0.2) is 21.5 Å². The van der Waals surface area contributed by atoms with Crippen molar-refractivity contribution >= 4 is 31.9 Å². The normalized spacial score (nSPS) is 19.9. The van der Waals surface area contributed by atoms with Crippen molar-refractivity contribution in [1.29, 1.82) is 0 Å². The third kappa shape index (κ3) is 3.00. The van der Waals surface area contributed by atoms with Gasteiger partial charge in [0.2, 0.25) is 10.0 Å². The molecular weight excluding hydrogens is 358 g/mol. The monoisotopic (exact) mass is 375 g/mol. The van der Waals surface area contributed by atoms with Crippen molar-refractivity contribution in [2.75, 3.05) is 6.54 Å². The summed E-state index contributed by atoms with van der Waals surface area (Å²) in [6.07, 6.45) is 2.46. The highest BCUT2D eigenvalue weighted by Crippen LogP contribution is 2.31. The van der Waals surface area contributed by atoms with Crippen LogP contribution in [-0.2, 0) is 10.0 Å². The Kier molecular flexibility index (Phi) is 4.75. The molecule has 2 rings (SSSR count). The van der Waals surface area contributed by atoms with Crippen LogP contribution in [0.4, 0.5) is 0 Å².